The molecule has 0 spiro atoms. The van der Waals surface area contributed by atoms with E-state index >= 15 is 0 Å². The summed E-state index contributed by atoms with van der Waals surface area (Å²) >= 11 is 0. The number of anilines is 1. The average Bonchev–Trinajstić information content (AvgIpc) is 2.95. The van der Waals surface area contributed by atoms with Gasteiger partial charge in [0.1, 0.15) is 0 Å². The van der Waals surface area contributed by atoms with Crippen LogP contribution in [0, 0.1) is 12.8 Å². The molecule has 0 saturated carbocycles. The maximum absolute atomic E-state index is 12.5. The molecule has 0 bridgehead atoms. The molecule has 1 saturated heterocycles. The number of likely N-dealkylation sites (tertiary alicyclic amines) is 1. The normalized spacial score (nSPS) is 17.8. The van der Waals surface area contributed by atoms with Gasteiger partial charge in [0.05, 0.1) is 12.7 Å². The molecule has 2 rings (SSSR count). The molecule has 5 nitrogen and oxygen atoms in total. The number of hydrogen-bond donors (Lipinski definition) is 1. The van der Waals surface area contributed by atoms with Crippen molar-refractivity contribution < 1.29 is 9.53 Å². The van der Waals surface area contributed by atoms with Crippen molar-refractivity contribution in [2.24, 2.45) is 5.92 Å². The molecular formula is C19H31N3O2. The van der Waals surface area contributed by atoms with Crippen LogP contribution in [0.3, 0.4) is 0 Å². The van der Waals surface area contributed by atoms with Gasteiger partial charge in [0.25, 0.3) is 0 Å². The zero-order valence-electron chi connectivity index (χ0n) is 15.6. The Balaban J connectivity index is 1.96. The number of nitrogens with zero attached hydrogens (tertiary/aromatic N) is 2. The van der Waals surface area contributed by atoms with Crippen LogP contribution in [0.25, 0.3) is 0 Å². The first kappa shape index (κ1) is 18.7. The molecule has 1 aliphatic rings. The van der Waals surface area contributed by atoms with Gasteiger partial charge in [0, 0.05) is 25.3 Å². The highest BCUT2D eigenvalue weighted by molar-refractivity contribution is 5.90. The smallest absolute Gasteiger partial charge is 0.321 e. The van der Waals surface area contributed by atoms with Gasteiger partial charge in [-0.3, -0.25) is 0 Å². The van der Waals surface area contributed by atoms with Gasteiger partial charge in [-0.25, -0.2) is 4.79 Å². The monoisotopic (exact) mass is 333 g/mol. The van der Waals surface area contributed by atoms with Gasteiger partial charge in [-0.1, -0.05) is 12.1 Å². The van der Waals surface area contributed by atoms with E-state index in [-0.39, 0.29) is 12.1 Å². The Kier molecular flexibility index (Phi) is 6.63. The fourth-order valence-corrected chi connectivity index (χ4v) is 3.11. The van der Waals surface area contributed by atoms with E-state index in [0.29, 0.717) is 12.5 Å². The number of ether oxygens (including phenoxy) is 1. The second kappa shape index (κ2) is 8.49. The molecule has 134 valence electrons. The lowest BCUT2D eigenvalue weighted by Crippen LogP contribution is -2.34. The molecule has 2 amide bonds. The minimum atomic E-state index is 0.00119. The number of urea groups is 1. The van der Waals surface area contributed by atoms with E-state index in [1.807, 2.05) is 37.8 Å². The number of nitrogens with one attached hydrogen (secondary N) is 1. The van der Waals surface area contributed by atoms with E-state index in [0.717, 1.165) is 42.9 Å². The Morgan fingerprint density at radius 2 is 2.17 bits per heavy atom. The number of rotatable bonds is 6. The molecule has 1 aromatic rings. The molecule has 1 aliphatic heterocycles. The minimum Gasteiger partial charge on any atom is -0.374 e. The summed E-state index contributed by atoms with van der Waals surface area (Å²) in [4.78, 5) is 16.7. The number of amides is 2. The van der Waals surface area contributed by atoms with Gasteiger partial charge in [-0.05, 0) is 64.4 Å². The standard InChI is InChI=1S/C19H31N3O2/c1-14(2)24-13-17-7-6-8-18(15(17)3)20-19(23)22-10-9-16(12-22)11-21(4)5/h6-8,14,16H,9-13H2,1-5H3,(H,20,23). The van der Waals surface area contributed by atoms with Gasteiger partial charge in [0.15, 0.2) is 0 Å². The zero-order chi connectivity index (χ0) is 17.7. The van der Waals surface area contributed by atoms with Crippen LogP contribution in [-0.4, -0.2) is 55.7 Å². The SMILES string of the molecule is Cc1c(COC(C)C)cccc1NC(=O)N1CCC(CN(C)C)C1. The van der Waals surface area contributed by atoms with E-state index < -0.39 is 0 Å². The highest BCUT2D eigenvalue weighted by Crippen LogP contribution is 2.22. The Bertz CT molecular complexity index is 558. The van der Waals surface area contributed by atoms with E-state index in [1.165, 1.54) is 0 Å². The third kappa shape index (κ3) is 5.21. The van der Waals surface area contributed by atoms with E-state index in [2.05, 4.69) is 30.4 Å². The topological polar surface area (TPSA) is 44.8 Å². The molecule has 1 fully saturated rings. The highest BCUT2D eigenvalue weighted by atomic mass is 16.5. The fourth-order valence-electron chi connectivity index (χ4n) is 3.11. The molecule has 0 aromatic heterocycles. The van der Waals surface area contributed by atoms with Crippen LogP contribution < -0.4 is 5.32 Å². The van der Waals surface area contributed by atoms with Crippen molar-refractivity contribution in [1.29, 1.82) is 0 Å². The molecular weight excluding hydrogens is 302 g/mol. The lowest BCUT2D eigenvalue weighted by atomic mass is 10.1. The lowest BCUT2D eigenvalue weighted by Gasteiger charge is -2.20. The zero-order valence-corrected chi connectivity index (χ0v) is 15.6. The Morgan fingerprint density at radius 3 is 2.83 bits per heavy atom. The van der Waals surface area contributed by atoms with Crippen molar-refractivity contribution in [1.82, 2.24) is 9.80 Å². The Hall–Kier alpha value is -1.59. The summed E-state index contributed by atoms with van der Waals surface area (Å²) in [6, 6.07) is 5.98. The third-order valence-electron chi connectivity index (χ3n) is 4.46. The van der Waals surface area contributed by atoms with Crippen molar-refractivity contribution in [3.05, 3.63) is 29.3 Å². The summed E-state index contributed by atoms with van der Waals surface area (Å²) in [6.45, 7) is 9.36. The summed E-state index contributed by atoms with van der Waals surface area (Å²) < 4.78 is 5.69. The largest absolute Gasteiger partial charge is 0.374 e. The predicted octanol–water partition coefficient (Wildman–Crippen LogP) is 3.34. The third-order valence-corrected chi connectivity index (χ3v) is 4.46. The van der Waals surface area contributed by atoms with Crippen LogP contribution in [-0.2, 0) is 11.3 Å². The molecule has 0 aliphatic carbocycles. The number of carbonyl (C=O) groups is 1. The van der Waals surface area contributed by atoms with Crippen molar-refractivity contribution in [3.63, 3.8) is 0 Å². The molecule has 1 atom stereocenters. The fraction of sp³-hybridized carbons (Fsp3) is 0.632. The van der Waals surface area contributed by atoms with Crippen LogP contribution in [0.1, 0.15) is 31.4 Å². The average molecular weight is 333 g/mol. The van der Waals surface area contributed by atoms with Gasteiger partial charge in [-0.2, -0.15) is 0 Å². The molecule has 5 heteroatoms. The molecule has 1 N–H and O–H groups in total. The lowest BCUT2D eigenvalue weighted by molar-refractivity contribution is 0.0654. The van der Waals surface area contributed by atoms with Crippen molar-refractivity contribution in [2.75, 3.05) is 39.0 Å². The highest BCUT2D eigenvalue weighted by Gasteiger charge is 2.26. The summed E-state index contributed by atoms with van der Waals surface area (Å²) in [6.07, 6.45) is 1.27. The van der Waals surface area contributed by atoms with Crippen molar-refractivity contribution >= 4 is 11.7 Å². The van der Waals surface area contributed by atoms with E-state index in [1.54, 1.807) is 0 Å². The maximum atomic E-state index is 12.5. The van der Waals surface area contributed by atoms with Crippen LogP contribution in [0.2, 0.25) is 0 Å². The van der Waals surface area contributed by atoms with E-state index in [4.69, 9.17) is 4.74 Å². The van der Waals surface area contributed by atoms with Gasteiger partial charge < -0.3 is 19.9 Å². The first-order valence-corrected chi connectivity index (χ1v) is 8.77. The number of hydrogen-bond acceptors (Lipinski definition) is 3. The van der Waals surface area contributed by atoms with Crippen LogP contribution >= 0.6 is 0 Å². The Morgan fingerprint density at radius 1 is 1.42 bits per heavy atom. The van der Waals surface area contributed by atoms with Crippen LogP contribution in [0.15, 0.2) is 18.2 Å². The van der Waals surface area contributed by atoms with Gasteiger partial charge in [-0.15, -0.1) is 0 Å². The van der Waals surface area contributed by atoms with Crippen molar-refractivity contribution in [2.45, 2.75) is 39.9 Å². The van der Waals surface area contributed by atoms with Gasteiger partial charge in [0.2, 0.25) is 0 Å². The second-order valence-electron chi connectivity index (χ2n) is 7.24. The van der Waals surface area contributed by atoms with Crippen LogP contribution in [0.5, 0.6) is 0 Å². The molecule has 24 heavy (non-hydrogen) atoms. The number of carbonyl (C=O) groups excluding carboxylic acids is 1. The van der Waals surface area contributed by atoms with E-state index in [9.17, 15) is 4.79 Å². The van der Waals surface area contributed by atoms with Crippen molar-refractivity contribution in [3.8, 4) is 0 Å². The first-order valence-electron chi connectivity index (χ1n) is 8.77. The Labute approximate surface area is 146 Å². The predicted molar refractivity (Wildman–Crippen MR) is 98.4 cm³/mol. The number of benzene rings is 1. The van der Waals surface area contributed by atoms with Crippen LogP contribution in [0.4, 0.5) is 10.5 Å². The molecule has 1 aromatic carbocycles. The summed E-state index contributed by atoms with van der Waals surface area (Å²) in [5.74, 6) is 0.567. The molecule has 1 unspecified atom stereocenters. The molecule has 0 radical (unpaired) electrons. The quantitative estimate of drug-likeness (QED) is 0.868. The summed E-state index contributed by atoms with van der Waals surface area (Å²) in [5.41, 5.74) is 3.07. The summed E-state index contributed by atoms with van der Waals surface area (Å²) in [5, 5.41) is 3.07. The molecule has 1 heterocycles. The first-order chi connectivity index (χ1) is 11.4. The minimum absolute atomic E-state index is 0.00119. The van der Waals surface area contributed by atoms with Gasteiger partial charge >= 0.3 is 6.03 Å². The maximum Gasteiger partial charge on any atom is 0.321 e. The second-order valence-corrected chi connectivity index (χ2v) is 7.24. The summed E-state index contributed by atoms with van der Waals surface area (Å²) in [7, 11) is 4.16.